The Kier molecular flexibility index (Phi) is 3.48. The van der Waals surface area contributed by atoms with Crippen LogP contribution in [0.5, 0.6) is 0 Å². The van der Waals surface area contributed by atoms with Crippen LogP contribution >= 0.6 is 15.9 Å². The number of nitrogens with one attached hydrogen (secondary N) is 1. The van der Waals surface area contributed by atoms with Gasteiger partial charge in [-0.1, -0.05) is 34.1 Å². The van der Waals surface area contributed by atoms with Crippen LogP contribution in [0.4, 0.5) is 0 Å². The van der Waals surface area contributed by atoms with Crippen molar-refractivity contribution in [3.05, 3.63) is 41.1 Å². The van der Waals surface area contributed by atoms with Crippen molar-refractivity contribution in [2.75, 3.05) is 13.1 Å². The van der Waals surface area contributed by atoms with Gasteiger partial charge in [-0.05, 0) is 37.1 Å². The van der Waals surface area contributed by atoms with E-state index >= 15 is 0 Å². The highest BCUT2D eigenvalue weighted by atomic mass is 79.9. The third-order valence-electron chi connectivity index (χ3n) is 3.43. The number of aromatic nitrogens is 2. The van der Waals surface area contributed by atoms with Gasteiger partial charge in [0.15, 0.2) is 0 Å². The maximum Gasteiger partial charge on any atom is 0.0568 e. The Morgan fingerprint density at radius 3 is 3.06 bits per heavy atom. The van der Waals surface area contributed by atoms with Gasteiger partial charge in [0.2, 0.25) is 0 Å². The Labute approximate surface area is 115 Å². The first kappa shape index (κ1) is 11.9. The standard InChI is InChI=1S/C14H16BrN3/c15-14-4-2-1-3-13(14)12-8-17-18(10-12)9-11-5-6-16-7-11/h1-4,8,10-11,16H,5-7,9H2. The number of hydrogen-bond acceptors (Lipinski definition) is 2. The third-order valence-corrected chi connectivity index (χ3v) is 4.12. The van der Waals surface area contributed by atoms with E-state index in [0.717, 1.165) is 30.0 Å². The summed E-state index contributed by atoms with van der Waals surface area (Å²) in [4.78, 5) is 0. The van der Waals surface area contributed by atoms with E-state index in [9.17, 15) is 0 Å². The zero-order valence-electron chi connectivity index (χ0n) is 10.1. The quantitative estimate of drug-likeness (QED) is 0.945. The van der Waals surface area contributed by atoms with Gasteiger partial charge in [0.1, 0.15) is 0 Å². The molecule has 1 aliphatic rings. The highest BCUT2D eigenvalue weighted by molar-refractivity contribution is 9.10. The van der Waals surface area contributed by atoms with E-state index in [0.29, 0.717) is 0 Å². The molecule has 0 bridgehead atoms. The molecule has 3 nitrogen and oxygen atoms in total. The molecule has 1 aromatic carbocycles. The fraction of sp³-hybridized carbons (Fsp3) is 0.357. The summed E-state index contributed by atoms with van der Waals surface area (Å²) in [7, 11) is 0. The lowest BCUT2D eigenvalue weighted by molar-refractivity contribution is 0.449. The molecule has 2 heterocycles. The highest BCUT2D eigenvalue weighted by Gasteiger charge is 2.15. The first-order valence-electron chi connectivity index (χ1n) is 6.31. The maximum atomic E-state index is 4.47. The van der Waals surface area contributed by atoms with E-state index in [1.165, 1.54) is 17.5 Å². The van der Waals surface area contributed by atoms with Gasteiger partial charge in [0, 0.05) is 22.8 Å². The van der Waals surface area contributed by atoms with Gasteiger partial charge in [0.05, 0.1) is 6.20 Å². The second-order valence-electron chi connectivity index (χ2n) is 4.79. The van der Waals surface area contributed by atoms with Crippen LogP contribution in [0.1, 0.15) is 6.42 Å². The molecule has 1 N–H and O–H groups in total. The average molecular weight is 306 g/mol. The minimum absolute atomic E-state index is 0.719. The van der Waals surface area contributed by atoms with Crippen molar-refractivity contribution < 1.29 is 0 Å². The van der Waals surface area contributed by atoms with Crippen molar-refractivity contribution in [3.63, 3.8) is 0 Å². The van der Waals surface area contributed by atoms with Crippen molar-refractivity contribution >= 4 is 15.9 Å². The predicted octanol–water partition coefficient (Wildman–Crippen LogP) is 2.92. The summed E-state index contributed by atoms with van der Waals surface area (Å²) >= 11 is 3.58. The molecule has 1 atom stereocenters. The van der Waals surface area contributed by atoms with Crippen LogP contribution in [-0.4, -0.2) is 22.9 Å². The van der Waals surface area contributed by atoms with Crippen LogP contribution in [0.15, 0.2) is 41.1 Å². The number of benzene rings is 1. The van der Waals surface area contributed by atoms with Crippen molar-refractivity contribution in [3.8, 4) is 11.1 Å². The van der Waals surface area contributed by atoms with E-state index in [1.54, 1.807) is 0 Å². The Morgan fingerprint density at radius 2 is 2.28 bits per heavy atom. The number of hydrogen-bond donors (Lipinski definition) is 1. The minimum Gasteiger partial charge on any atom is -0.316 e. The average Bonchev–Trinajstić information content (AvgIpc) is 3.02. The predicted molar refractivity (Wildman–Crippen MR) is 76.3 cm³/mol. The van der Waals surface area contributed by atoms with E-state index in [4.69, 9.17) is 0 Å². The molecule has 0 aliphatic carbocycles. The molecule has 1 unspecified atom stereocenters. The molecular formula is C14H16BrN3. The lowest BCUT2D eigenvalue weighted by Gasteiger charge is -2.07. The smallest absolute Gasteiger partial charge is 0.0568 e. The molecule has 0 spiro atoms. The highest BCUT2D eigenvalue weighted by Crippen LogP contribution is 2.27. The van der Waals surface area contributed by atoms with Gasteiger partial charge >= 0.3 is 0 Å². The monoisotopic (exact) mass is 305 g/mol. The summed E-state index contributed by atoms with van der Waals surface area (Å²) in [6.07, 6.45) is 5.34. The second kappa shape index (κ2) is 5.24. The van der Waals surface area contributed by atoms with Crippen LogP contribution in [0.3, 0.4) is 0 Å². The van der Waals surface area contributed by atoms with Gasteiger partial charge in [-0.3, -0.25) is 4.68 Å². The number of nitrogens with zero attached hydrogens (tertiary/aromatic N) is 2. The zero-order valence-corrected chi connectivity index (χ0v) is 11.7. The second-order valence-corrected chi connectivity index (χ2v) is 5.64. The SMILES string of the molecule is Brc1ccccc1-c1cnn(CC2CCNC2)c1. The van der Waals surface area contributed by atoms with Crippen molar-refractivity contribution in [2.45, 2.75) is 13.0 Å². The minimum atomic E-state index is 0.719. The largest absolute Gasteiger partial charge is 0.316 e. The molecule has 3 rings (SSSR count). The van der Waals surface area contributed by atoms with Gasteiger partial charge in [-0.25, -0.2) is 0 Å². The normalized spacial score (nSPS) is 19.3. The van der Waals surface area contributed by atoms with Crippen LogP contribution in [-0.2, 0) is 6.54 Å². The molecule has 0 radical (unpaired) electrons. The van der Waals surface area contributed by atoms with E-state index in [2.05, 4.69) is 55.4 Å². The topological polar surface area (TPSA) is 29.9 Å². The molecule has 1 aromatic heterocycles. The number of rotatable bonds is 3. The molecule has 0 saturated carbocycles. The molecule has 2 aromatic rings. The van der Waals surface area contributed by atoms with Gasteiger partial charge in [0.25, 0.3) is 0 Å². The van der Waals surface area contributed by atoms with Crippen LogP contribution in [0.2, 0.25) is 0 Å². The third kappa shape index (κ3) is 2.49. The van der Waals surface area contributed by atoms with Gasteiger partial charge < -0.3 is 5.32 Å². The Morgan fingerprint density at radius 1 is 1.39 bits per heavy atom. The van der Waals surface area contributed by atoms with Gasteiger partial charge in [-0.2, -0.15) is 5.10 Å². The molecule has 1 aliphatic heterocycles. The molecular weight excluding hydrogens is 290 g/mol. The Bertz CT molecular complexity index is 529. The Balaban J connectivity index is 1.79. The maximum absolute atomic E-state index is 4.47. The molecule has 94 valence electrons. The van der Waals surface area contributed by atoms with Crippen LogP contribution in [0, 0.1) is 5.92 Å². The van der Waals surface area contributed by atoms with Crippen molar-refractivity contribution in [2.24, 2.45) is 5.92 Å². The first-order chi connectivity index (χ1) is 8.83. The van der Waals surface area contributed by atoms with Crippen LogP contribution < -0.4 is 5.32 Å². The zero-order chi connectivity index (χ0) is 12.4. The van der Waals surface area contributed by atoms with E-state index in [1.807, 2.05) is 12.3 Å². The Hall–Kier alpha value is -1.13. The summed E-state index contributed by atoms with van der Waals surface area (Å²) in [5.74, 6) is 0.719. The fourth-order valence-electron chi connectivity index (χ4n) is 2.43. The fourth-order valence-corrected chi connectivity index (χ4v) is 2.95. The lowest BCUT2D eigenvalue weighted by Crippen LogP contribution is -2.14. The lowest BCUT2D eigenvalue weighted by atomic mass is 10.1. The molecule has 1 fully saturated rings. The summed E-state index contributed by atoms with van der Waals surface area (Å²) in [5, 5.41) is 7.86. The van der Waals surface area contributed by atoms with E-state index < -0.39 is 0 Å². The molecule has 18 heavy (non-hydrogen) atoms. The van der Waals surface area contributed by atoms with E-state index in [-0.39, 0.29) is 0 Å². The number of halogens is 1. The summed E-state index contributed by atoms with van der Waals surface area (Å²) < 4.78 is 3.18. The summed E-state index contributed by atoms with van der Waals surface area (Å²) in [6, 6.07) is 8.26. The van der Waals surface area contributed by atoms with Crippen molar-refractivity contribution in [1.29, 1.82) is 0 Å². The van der Waals surface area contributed by atoms with Gasteiger partial charge in [-0.15, -0.1) is 0 Å². The summed E-state index contributed by atoms with van der Waals surface area (Å²) in [5.41, 5.74) is 2.38. The van der Waals surface area contributed by atoms with Crippen molar-refractivity contribution in [1.82, 2.24) is 15.1 Å². The van der Waals surface area contributed by atoms with Crippen LogP contribution in [0.25, 0.3) is 11.1 Å². The molecule has 4 heteroatoms. The summed E-state index contributed by atoms with van der Waals surface area (Å²) in [6.45, 7) is 3.27. The first-order valence-corrected chi connectivity index (χ1v) is 7.10. The molecule has 1 saturated heterocycles. The molecule has 0 amide bonds.